The van der Waals surface area contributed by atoms with E-state index in [9.17, 15) is 14.9 Å². The molecule has 0 spiro atoms. The Hall–Kier alpha value is -1.95. The number of carbonyl (C=O) groups excluding carboxylic acids is 1. The molecule has 2 aliphatic heterocycles. The average molecular weight is 345 g/mol. The van der Waals surface area contributed by atoms with Gasteiger partial charge in [-0.15, -0.1) is 0 Å². The summed E-state index contributed by atoms with van der Waals surface area (Å²) in [5.74, 6) is 0.908. The summed E-state index contributed by atoms with van der Waals surface area (Å²) in [6.45, 7) is 6.42. The fraction of sp³-hybridized carbons (Fsp3) is 0.632. The van der Waals surface area contributed by atoms with Gasteiger partial charge in [-0.3, -0.25) is 19.8 Å². The van der Waals surface area contributed by atoms with Crippen LogP contribution >= 0.6 is 0 Å². The maximum Gasteiger partial charge on any atom is 0.272 e. The van der Waals surface area contributed by atoms with Crippen LogP contribution in [0.15, 0.2) is 18.2 Å². The summed E-state index contributed by atoms with van der Waals surface area (Å²) in [5, 5.41) is 11.1. The number of piperidine rings is 2. The van der Waals surface area contributed by atoms with Crippen LogP contribution < -0.4 is 0 Å². The van der Waals surface area contributed by atoms with Crippen molar-refractivity contribution in [2.45, 2.75) is 45.6 Å². The van der Waals surface area contributed by atoms with Crippen molar-refractivity contribution in [1.29, 1.82) is 0 Å². The van der Waals surface area contributed by atoms with Crippen molar-refractivity contribution in [2.24, 2.45) is 5.92 Å². The maximum absolute atomic E-state index is 12.0. The molecule has 0 aromatic heterocycles. The van der Waals surface area contributed by atoms with Crippen molar-refractivity contribution in [3.8, 4) is 0 Å². The van der Waals surface area contributed by atoms with Crippen LogP contribution in [-0.2, 0) is 11.3 Å². The number of nitrogens with zero attached hydrogens (tertiary/aromatic N) is 3. The molecule has 2 heterocycles. The van der Waals surface area contributed by atoms with Crippen molar-refractivity contribution in [2.75, 3.05) is 26.2 Å². The SMILES string of the molecule is Cc1c(CN2CCC(CN3CCCCC3=O)CC2)cccc1[N+](=O)[O-]. The van der Waals surface area contributed by atoms with E-state index < -0.39 is 0 Å². The zero-order chi connectivity index (χ0) is 17.8. The van der Waals surface area contributed by atoms with Crippen molar-refractivity contribution >= 4 is 11.6 Å². The Morgan fingerprint density at radius 2 is 1.96 bits per heavy atom. The molecule has 2 saturated heterocycles. The minimum absolute atomic E-state index is 0.205. The molecule has 2 aliphatic rings. The van der Waals surface area contributed by atoms with E-state index in [1.54, 1.807) is 12.1 Å². The predicted molar refractivity (Wildman–Crippen MR) is 96.3 cm³/mol. The smallest absolute Gasteiger partial charge is 0.272 e. The third-order valence-corrected chi connectivity index (χ3v) is 5.62. The van der Waals surface area contributed by atoms with E-state index in [1.165, 1.54) is 0 Å². The van der Waals surface area contributed by atoms with E-state index in [0.29, 0.717) is 18.2 Å². The molecular weight excluding hydrogens is 318 g/mol. The summed E-state index contributed by atoms with van der Waals surface area (Å²) >= 11 is 0. The van der Waals surface area contributed by atoms with Gasteiger partial charge in [-0.1, -0.05) is 12.1 Å². The minimum atomic E-state index is -0.305. The molecule has 0 unspecified atom stereocenters. The molecule has 1 aromatic rings. The van der Waals surface area contributed by atoms with Crippen LogP contribution in [0.1, 0.15) is 43.2 Å². The fourth-order valence-electron chi connectivity index (χ4n) is 3.97. The molecule has 2 fully saturated rings. The number of amides is 1. The first-order valence-electron chi connectivity index (χ1n) is 9.27. The van der Waals surface area contributed by atoms with Gasteiger partial charge in [-0.2, -0.15) is 0 Å². The molecule has 0 N–H and O–H groups in total. The molecule has 136 valence electrons. The van der Waals surface area contributed by atoms with Gasteiger partial charge in [0.15, 0.2) is 0 Å². The third kappa shape index (κ3) is 4.37. The highest BCUT2D eigenvalue weighted by molar-refractivity contribution is 5.76. The number of nitro benzene ring substituents is 1. The highest BCUT2D eigenvalue weighted by atomic mass is 16.6. The number of rotatable bonds is 5. The number of hydrogen-bond acceptors (Lipinski definition) is 4. The van der Waals surface area contributed by atoms with Crippen LogP contribution in [-0.4, -0.2) is 46.8 Å². The number of nitro groups is 1. The molecule has 6 heteroatoms. The van der Waals surface area contributed by atoms with E-state index in [4.69, 9.17) is 0 Å². The predicted octanol–water partition coefficient (Wildman–Crippen LogP) is 3.13. The largest absolute Gasteiger partial charge is 0.342 e. The summed E-state index contributed by atoms with van der Waals surface area (Å²) in [6, 6.07) is 5.33. The number of hydrogen-bond donors (Lipinski definition) is 0. The van der Waals surface area contributed by atoms with Gasteiger partial charge < -0.3 is 4.90 Å². The van der Waals surface area contributed by atoms with Crippen molar-refractivity contribution in [3.63, 3.8) is 0 Å². The lowest BCUT2D eigenvalue weighted by molar-refractivity contribution is -0.385. The normalized spacial score (nSPS) is 20.0. The summed E-state index contributed by atoms with van der Waals surface area (Å²) < 4.78 is 0. The second-order valence-electron chi connectivity index (χ2n) is 7.33. The van der Waals surface area contributed by atoms with Crippen LogP contribution in [0.2, 0.25) is 0 Å². The van der Waals surface area contributed by atoms with Crippen molar-refractivity contribution in [1.82, 2.24) is 9.80 Å². The van der Waals surface area contributed by atoms with Crippen LogP contribution in [0.3, 0.4) is 0 Å². The van der Waals surface area contributed by atoms with E-state index in [-0.39, 0.29) is 10.6 Å². The topological polar surface area (TPSA) is 66.7 Å². The van der Waals surface area contributed by atoms with Gasteiger partial charge in [0, 0.05) is 37.7 Å². The maximum atomic E-state index is 12.0. The van der Waals surface area contributed by atoms with Crippen LogP contribution in [0, 0.1) is 23.0 Å². The first-order valence-corrected chi connectivity index (χ1v) is 9.27. The Labute approximate surface area is 148 Å². The van der Waals surface area contributed by atoms with E-state index in [0.717, 1.165) is 69.5 Å². The van der Waals surface area contributed by atoms with Crippen molar-refractivity contribution < 1.29 is 9.72 Å². The van der Waals surface area contributed by atoms with Crippen LogP contribution in [0.5, 0.6) is 0 Å². The second kappa shape index (κ2) is 7.95. The quantitative estimate of drug-likeness (QED) is 0.607. The Balaban J connectivity index is 1.52. The Morgan fingerprint density at radius 1 is 1.20 bits per heavy atom. The Bertz CT molecular complexity index is 639. The summed E-state index contributed by atoms with van der Waals surface area (Å²) in [7, 11) is 0. The lowest BCUT2D eigenvalue weighted by Gasteiger charge is -2.36. The minimum Gasteiger partial charge on any atom is -0.342 e. The van der Waals surface area contributed by atoms with Gasteiger partial charge in [-0.05, 0) is 57.2 Å². The fourth-order valence-corrected chi connectivity index (χ4v) is 3.97. The van der Waals surface area contributed by atoms with E-state index in [2.05, 4.69) is 9.80 Å². The molecule has 3 rings (SSSR count). The zero-order valence-corrected chi connectivity index (χ0v) is 14.9. The third-order valence-electron chi connectivity index (χ3n) is 5.62. The molecule has 0 saturated carbocycles. The van der Waals surface area contributed by atoms with Gasteiger partial charge in [0.1, 0.15) is 0 Å². The van der Waals surface area contributed by atoms with E-state index in [1.807, 2.05) is 13.0 Å². The lowest BCUT2D eigenvalue weighted by atomic mass is 9.94. The number of benzene rings is 1. The highest BCUT2D eigenvalue weighted by Crippen LogP contribution is 2.25. The van der Waals surface area contributed by atoms with Gasteiger partial charge in [0.2, 0.25) is 5.91 Å². The molecule has 0 aliphatic carbocycles. The first kappa shape index (κ1) is 17.9. The zero-order valence-electron chi connectivity index (χ0n) is 14.9. The molecule has 0 bridgehead atoms. The van der Waals surface area contributed by atoms with E-state index >= 15 is 0 Å². The highest BCUT2D eigenvalue weighted by Gasteiger charge is 2.25. The average Bonchev–Trinajstić information content (AvgIpc) is 2.60. The number of likely N-dealkylation sites (tertiary alicyclic amines) is 2. The lowest BCUT2D eigenvalue weighted by Crippen LogP contribution is -2.42. The first-order chi connectivity index (χ1) is 12.0. The molecule has 1 aromatic carbocycles. The monoisotopic (exact) mass is 345 g/mol. The number of carbonyl (C=O) groups is 1. The van der Waals surface area contributed by atoms with Crippen LogP contribution in [0.25, 0.3) is 0 Å². The summed E-state index contributed by atoms with van der Waals surface area (Å²) in [4.78, 5) is 27.2. The van der Waals surface area contributed by atoms with Gasteiger partial charge in [0.25, 0.3) is 5.69 Å². The van der Waals surface area contributed by atoms with Gasteiger partial charge in [0.05, 0.1) is 4.92 Å². The molecule has 0 radical (unpaired) electrons. The second-order valence-corrected chi connectivity index (χ2v) is 7.33. The standard InChI is InChI=1S/C19H27N3O3/c1-15-17(5-4-6-18(15)22(24)25)14-20-11-8-16(9-12-20)13-21-10-3-2-7-19(21)23/h4-6,16H,2-3,7-14H2,1H3. The van der Waals surface area contributed by atoms with Gasteiger partial charge in [-0.25, -0.2) is 0 Å². The molecule has 1 amide bonds. The Morgan fingerprint density at radius 3 is 2.64 bits per heavy atom. The molecule has 0 atom stereocenters. The molecule has 6 nitrogen and oxygen atoms in total. The molecular formula is C19H27N3O3. The van der Waals surface area contributed by atoms with Crippen LogP contribution in [0.4, 0.5) is 5.69 Å². The molecule has 25 heavy (non-hydrogen) atoms. The van der Waals surface area contributed by atoms with Gasteiger partial charge >= 0.3 is 0 Å². The Kier molecular flexibility index (Phi) is 5.68. The summed E-state index contributed by atoms with van der Waals surface area (Å²) in [5.41, 5.74) is 2.02. The summed E-state index contributed by atoms with van der Waals surface area (Å²) in [6.07, 6.45) is 5.08. The van der Waals surface area contributed by atoms with Crippen molar-refractivity contribution in [3.05, 3.63) is 39.4 Å².